The summed E-state index contributed by atoms with van der Waals surface area (Å²) in [5.41, 5.74) is 1.13. The van der Waals surface area contributed by atoms with Crippen LogP contribution in [0.3, 0.4) is 0 Å². The van der Waals surface area contributed by atoms with Gasteiger partial charge in [0, 0.05) is 28.9 Å². The summed E-state index contributed by atoms with van der Waals surface area (Å²) in [4.78, 5) is 25.1. The van der Waals surface area contributed by atoms with Crippen molar-refractivity contribution in [1.29, 1.82) is 0 Å². The lowest BCUT2D eigenvalue weighted by Crippen LogP contribution is -2.25. The van der Waals surface area contributed by atoms with E-state index in [0.717, 1.165) is 0 Å². The molecule has 0 unspecified atom stereocenters. The van der Waals surface area contributed by atoms with E-state index in [-0.39, 0.29) is 25.2 Å². The number of carbonyl (C=O) groups excluding carboxylic acids is 2. The van der Waals surface area contributed by atoms with Crippen LogP contribution < -0.4 is 20.1 Å². The van der Waals surface area contributed by atoms with E-state index in [9.17, 15) is 9.59 Å². The minimum atomic E-state index is -0.429. The lowest BCUT2D eigenvalue weighted by molar-refractivity contribution is -0.115. The third-order valence-corrected chi connectivity index (χ3v) is 6.25. The van der Waals surface area contributed by atoms with Crippen molar-refractivity contribution in [3.63, 3.8) is 0 Å². The monoisotopic (exact) mass is 487 g/mol. The summed E-state index contributed by atoms with van der Waals surface area (Å²) in [6.07, 6.45) is 0. The highest BCUT2D eigenvalue weighted by Gasteiger charge is 2.21. The highest BCUT2D eigenvalue weighted by Crippen LogP contribution is 2.34. The second-order valence-electron chi connectivity index (χ2n) is 7.15. The first-order chi connectivity index (χ1) is 15.9. The summed E-state index contributed by atoms with van der Waals surface area (Å²) in [5.74, 6) is 1.45. The Morgan fingerprint density at radius 3 is 2.67 bits per heavy atom. The molecule has 1 aliphatic heterocycles. The van der Waals surface area contributed by atoms with Gasteiger partial charge in [-0.15, -0.1) is 10.2 Å². The molecule has 9 nitrogen and oxygen atoms in total. The van der Waals surface area contributed by atoms with E-state index in [1.54, 1.807) is 49.4 Å². The maximum atomic E-state index is 12.7. The lowest BCUT2D eigenvalue weighted by atomic mass is 10.2. The summed E-state index contributed by atoms with van der Waals surface area (Å²) in [5, 5.41) is 14.9. The summed E-state index contributed by atoms with van der Waals surface area (Å²) in [7, 11) is 0. The Kier molecular flexibility index (Phi) is 7.05. The summed E-state index contributed by atoms with van der Waals surface area (Å²) < 4.78 is 12.5. The van der Waals surface area contributed by atoms with Crippen molar-refractivity contribution in [3.05, 3.63) is 58.9 Å². The number of anilines is 1. The quantitative estimate of drug-likeness (QED) is 0.466. The Morgan fingerprint density at radius 1 is 1.15 bits per heavy atom. The molecule has 1 aliphatic rings. The average Bonchev–Trinajstić information content (AvgIpc) is 3.43. The van der Waals surface area contributed by atoms with Crippen LogP contribution in [0.4, 0.5) is 5.69 Å². The fraction of sp³-hybridized carbons (Fsp3) is 0.273. The van der Waals surface area contributed by atoms with Gasteiger partial charge < -0.3 is 24.7 Å². The maximum absolute atomic E-state index is 12.7. The molecule has 0 aliphatic carbocycles. The number of thioether (sulfide) groups is 1. The number of benzene rings is 2. The van der Waals surface area contributed by atoms with E-state index in [1.807, 2.05) is 11.5 Å². The van der Waals surface area contributed by atoms with Crippen molar-refractivity contribution < 1.29 is 19.1 Å². The molecule has 0 saturated heterocycles. The molecule has 3 aromatic rings. The second-order valence-corrected chi connectivity index (χ2v) is 8.89. The molecule has 0 saturated carbocycles. The molecule has 0 fully saturated rings. The summed E-state index contributed by atoms with van der Waals surface area (Å²) in [6.45, 7) is 4.73. The van der Waals surface area contributed by atoms with Crippen LogP contribution >= 0.6 is 23.4 Å². The van der Waals surface area contributed by atoms with Crippen molar-refractivity contribution in [2.75, 3.05) is 12.1 Å². The van der Waals surface area contributed by atoms with E-state index in [2.05, 4.69) is 20.8 Å². The van der Waals surface area contributed by atoms with E-state index in [1.165, 1.54) is 11.8 Å². The normalized spacial score (nSPS) is 12.9. The molecular formula is C22H22ClN5O4S. The standard InChI is InChI=1S/C22H22ClN5O4S/c1-3-28-19(11-24-21(30)14-4-6-15(23)7-5-14)26-27-22(28)33-13(2)20(29)25-16-8-9-17-18(10-16)32-12-31-17/h4-10,13H,3,11-12H2,1-2H3,(H,24,30)(H,25,29)/t13-/m0/s1. The molecule has 0 bridgehead atoms. The van der Waals surface area contributed by atoms with E-state index >= 15 is 0 Å². The third-order valence-electron chi connectivity index (χ3n) is 4.91. The molecule has 11 heteroatoms. The molecule has 1 aromatic heterocycles. The Hall–Kier alpha value is -3.24. The minimum absolute atomic E-state index is 0.175. The van der Waals surface area contributed by atoms with Gasteiger partial charge in [0.05, 0.1) is 11.8 Å². The van der Waals surface area contributed by atoms with Crippen LogP contribution in [0, 0.1) is 0 Å². The summed E-state index contributed by atoms with van der Waals surface area (Å²) in [6, 6.07) is 11.9. The van der Waals surface area contributed by atoms with Crippen LogP contribution in [0.25, 0.3) is 0 Å². The van der Waals surface area contributed by atoms with Gasteiger partial charge in [0.1, 0.15) is 0 Å². The smallest absolute Gasteiger partial charge is 0.251 e. The first kappa shape index (κ1) is 22.9. The number of fused-ring (bicyclic) bond motifs is 1. The molecule has 0 spiro atoms. The van der Waals surface area contributed by atoms with E-state index in [4.69, 9.17) is 21.1 Å². The number of aromatic nitrogens is 3. The largest absolute Gasteiger partial charge is 0.454 e. The van der Waals surface area contributed by atoms with E-state index < -0.39 is 5.25 Å². The van der Waals surface area contributed by atoms with Gasteiger partial charge in [-0.3, -0.25) is 9.59 Å². The van der Waals surface area contributed by atoms with Gasteiger partial charge in [0.15, 0.2) is 22.5 Å². The Morgan fingerprint density at radius 2 is 1.91 bits per heavy atom. The fourth-order valence-corrected chi connectivity index (χ4v) is 4.20. The SMILES string of the molecule is CCn1c(CNC(=O)c2ccc(Cl)cc2)nnc1S[C@@H](C)C(=O)Nc1ccc2c(c1)OCO2. The Bertz CT molecular complexity index is 1170. The fourth-order valence-electron chi connectivity index (χ4n) is 3.15. The zero-order valence-corrected chi connectivity index (χ0v) is 19.6. The lowest BCUT2D eigenvalue weighted by Gasteiger charge is -2.13. The molecule has 4 rings (SSSR count). The highest BCUT2D eigenvalue weighted by molar-refractivity contribution is 8.00. The molecule has 0 radical (unpaired) electrons. The van der Waals surface area contributed by atoms with Crippen molar-refractivity contribution in [2.45, 2.75) is 37.3 Å². The second kappa shape index (κ2) is 10.1. The van der Waals surface area contributed by atoms with Crippen LogP contribution in [-0.2, 0) is 17.9 Å². The molecular weight excluding hydrogens is 466 g/mol. The van der Waals surface area contributed by atoms with Crippen molar-refractivity contribution >= 4 is 40.9 Å². The topological polar surface area (TPSA) is 107 Å². The molecule has 2 amide bonds. The number of amides is 2. The number of hydrogen-bond acceptors (Lipinski definition) is 7. The van der Waals surface area contributed by atoms with Gasteiger partial charge in [-0.1, -0.05) is 23.4 Å². The molecule has 2 heterocycles. The van der Waals surface area contributed by atoms with Gasteiger partial charge in [-0.2, -0.15) is 0 Å². The van der Waals surface area contributed by atoms with E-state index in [0.29, 0.717) is 45.3 Å². The zero-order valence-electron chi connectivity index (χ0n) is 18.0. The number of ether oxygens (including phenoxy) is 2. The van der Waals surface area contributed by atoms with Gasteiger partial charge in [-0.05, 0) is 50.2 Å². The van der Waals surface area contributed by atoms with Gasteiger partial charge in [-0.25, -0.2) is 0 Å². The number of nitrogens with one attached hydrogen (secondary N) is 2. The molecule has 2 aromatic carbocycles. The minimum Gasteiger partial charge on any atom is -0.454 e. The number of nitrogens with zero attached hydrogens (tertiary/aromatic N) is 3. The average molecular weight is 488 g/mol. The first-order valence-electron chi connectivity index (χ1n) is 10.3. The van der Waals surface area contributed by atoms with Crippen LogP contribution in [0.1, 0.15) is 30.0 Å². The van der Waals surface area contributed by atoms with Gasteiger partial charge in [0.25, 0.3) is 5.91 Å². The Labute approximate surface area is 199 Å². The highest BCUT2D eigenvalue weighted by atomic mass is 35.5. The van der Waals surface area contributed by atoms with Crippen molar-refractivity contribution in [3.8, 4) is 11.5 Å². The van der Waals surface area contributed by atoms with Crippen LogP contribution in [0.5, 0.6) is 11.5 Å². The maximum Gasteiger partial charge on any atom is 0.251 e. The van der Waals surface area contributed by atoms with Crippen LogP contribution in [0.2, 0.25) is 5.02 Å². The predicted octanol–water partition coefficient (Wildman–Crippen LogP) is 3.73. The summed E-state index contributed by atoms with van der Waals surface area (Å²) >= 11 is 7.16. The third kappa shape index (κ3) is 5.40. The van der Waals surface area contributed by atoms with Gasteiger partial charge in [0.2, 0.25) is 12.7 Å². The number of halogens is 1. The zero-order chi connectivity index (χ0) is 23.4. The number of hydrogen-bond donors (Lipinski definition) is 2. The van der Waals surface area contributed by atoms with Gasteiger partial charge >= 0.3 is 0 Å². The number of carbonyl (C=O) groups is 2. The molecule has 33 heavy (non-hydrogen) atoms. The van der Waals surface area contributed by atoms with Crippen molar-refractivity contribution in [2.24, 2.45) is 0 Å². The Balaban J connectivity index is 1.36. The van der Waals surface area contributed by atoms with Crippen LogP contribution in [-0.4, -0.2) is 38.6 Å². The predicted molar refractivity (Wildman–Crippen MR) is 125 cm³/mol. The van der Waals surface area contributed by atoms with Crippen molar-refractivity contribution in [1.82, 2.24) is 20.1 Å². The molecule has 172 valence electrons. The molecule has 2 N–H and O–H groups in total. The van der Waals surface area contributed by atoms with Crippen LogP contribution in [0.15, 0.2) is 47.6 Å². The first-order valence-corrected chi connectivity index (χ1v) is 11.5. The number of rotatable bonds is 8. The molecule has 1 atom stereocenters.